The monoisotopic (exact) mass is 280 g/mol. The molecular weight excluding hydrogens is 268 g/mol. The molecule has 2 aromatic carbocycles. The van der Waals surface area contributed by atoms with Crippen LogP contribution >= 0.6 is 0 Å². The fourth-order valence-electron chi connectivity index (χ4n) is 2.23. The van der Waals surface area contributed by atoms with Gasteiger partial charge in [-0.15, -0.1) is 0 Å². The molecule has 0 spiro atoms. The lowest BCUT2D eigenvalue weighted by Crippen LogP contribution is -2.38. The molecule has 0 aromatic heterocycles. The number of amides is 1. The van der Waals surface area contributed by atoms with Crippen molar-refractivity contribution >= 4 is 11.6 Å². The topological polar surface area (TPSA) is 73.6 Å². The lowest BCUT2D eigenvalue weighted by Gasteiger charge is -2.29. The number of phenolic OH excluding ortho intramolecular Hbond substituents is 1. The number of fused-ring (bicyclic) bond motifs is 1. The molecule has 21 heavy (non-hydrogen) atoms. The van der Waals surface area contributed by atoms with E-state index in [1.54, 1.807) is 23.1 Å². The van der Waals surface area contributed by atoms with Crippen molar-refractivity contribution in [2.75, 3.05) is 11.5 Å². The summed E-state index contributed by atoms with van der Waals surface area (Å²) in [7, 11) is 0. The Kier molecular flexibility index (Phi) is 3.20. The van der Waals surface area contributed by atoms with E-state index >= 15 is 0 Å². The second-order valence-corrected chi connectivity index (χ2v) is 4.73. The first kappa shape index (κ1) is 13.0. The number of nitrogens with zero attached hydrogens (tertiary/aromatic N) is 2. The maximum atomic E-state index is 12.1. The second kappa shape index (κ2) is 5.17. The number of anilines is 1. The number of ether oxygens (including phenoxy) is 1. The number of rotatable bonds is 2. The lowest BCUT2D eigenvalue weighted by atomic mass is 10.1. The summed E-state index contributed by atoms with van der Waals surface area (Å²) in [4.78, 5) is 13.6. The molecule has 0 unspecified atom stereocenters. The highest BCUT2D eigenvalue weighted by atomic mass is 16.5. The normalized spacial score (nSPS) is 13.3. The maximum Gasteiger partial charge on any atom is 0.265 e. The van der Waals surface area contributed by atoms with Crippen LogP contribution in [0.1, 0.15) is 11.1 Å². The first-order chi connectivity index (χ1) is 10.2. The number of hydrogen-bond acceptors (Lipinski definition) is 4. The van der Waals surface area contributed by atoms with Crippen molar-refractivity contribution in [3.63, 3.8) is 0 Å². The van der Waals surface area contributed by atoms with Crippen molar-refractivity contribution in [1.29, 1.82) is 5.26 Å². The average Bonchev–Trinajstić information content (AvgIpc) is 2.51. The average molecular weight is 280 g/mol. The zero-order chi connectivity index (χ0) is 14.8. The number of benzene rings is 2. The lowest BCUT2D eigenvalue weighted by molar-refractivity contribution is -0.121. The predicted octanol–water partition coefficient (Wildman–Crippen LogP) is 2.19. The summed E-state index contributed by atoms with van der Waals surface area (Å²) in [6.45, 7) is 0.346. The summed E-state index contributed by atoms with van der Waals surface area (Å²) in [5, 5.41) is 18.4. The molecule has 0 aliphatic carbocycles. The molecule has 3 rings (SSSR count). The molecule has 0 saturated heterocycles. The van der Waals surface area contributed by atoms with Crippen LogP contribution in [0.2, 0.25) is 0 Å². The van der Waals surface area contributed by atoms with Crippen molar-refractivity contribution in [2.24, 2.45) is 0 Å². The van der Waals surface area contributed by atoms with Crippen molar-refractivity contribution in [1.82, 2.24) is 0 Å². The van der Waals surface area contributed by atoms with Crippen LogP contribution < -0.4 is 9.64 Å². The summed E-state index contributed by atoms with van der Waals surface area (Å²) < 4.78 is 5.35. The van der Waals surface area contributed by atoms with Gasteiger partial charge < -0.3 is 14.7 Å². The molecule has 0 radical (unpaired) electrons. The minimum absolute atomic E-state index is 0.0198. The van der Waals surface area contributed by atoms with Gasteiger partial charge in [0, 0.05) is 6.07 Å². The van der Waals surface area contributed by atoms with Crippen LogP contribution in [-0.4, -0.2) is 17.6 Å². The number of hydrogen-bond donors (Lipinski definition) is 1. The molecule has 0 fully saturated rings. The van der Waals surface area contributed by atoms with Crippen molar-refractivity contribution in [3.05, 3.63) is 53.6 Å². The Morgan fingerprint density at radius 2 is 2.00 bits per heavy atom. The van der Waals surface area contributed by atoms with Gasteiger partial charge in [0.2, 0.25) is 0 Å². The SMILES string of the molecule is N#Cc1ccc(CN2C(=O)COc3ccc(O)cc32)cc1. The zero-order valence-corrected chi connectivity index (χ0v) is 11.1. The Morgan fingerprint density at radius 3 is 2.71 bits per heavy atom. The van der Waals surface area contributed by atoms with Crippen molar-refractivity contribution in [3.8, 4) is 17.6 Å². The van der Waals surface area contributed by atoms with Crippen LogP contribution in [-0.2, 0) is 11.3 Å². The molecular formula is C16H12N2O3. The molecule has 0 atom stereocenters. The van der Waals surface area contributed by atoms with Crippen LogP contribution in [0.3, 0.4) is 0 Å². The third kappa shape index (κ3) is 2.51. The van der Waals surface area contributed by atoms with Gasteiger partial charge >= 0.3 is 0 Å². The van der Waals surface area contributed by atoms with Gasteiger partial charge in [0.1, 0.15) is 11.5 Å². The van der Waals surface area contributed by atoms with Gasteiger partial charge in [-0.3, -0.25) is 4.79 Å². The van der Waals surface area contributed by atoms with E-state index in [4.69, 9.17) is 10.00 Å². The molecule has 2 aromatic rings. The molecule has 1 aliphatic rings. The smallest absolute Gasteiger partial charge is 0.265 e. The van der Waals surface area contributed by atoms with Crippen molar-refractivity contribution < 1.29 is 14.6 Å². The zero-order valence-electron chi connectivity index (χ0n) is 11.1. The summed E-state index contributed by atoms with van der Waals surface area (Å²) >= 11 is 0. The van der Waals surface area contributed by atoms with Crippen LogP contribution in [0.5, 0.6) is 11.5 Å². The van der Waals surface area contributed by atoms with E-state index in [0.29, 0.717) is 23.5 Å². The minimum atomic E-state index is -0.169. The predicted molar refractivity (Wildman–Crippen MR) is 75.9 cm³/mol. The number of carbonyl (C=O) groups is 1. The Hall–Kier alpha value is -3.00. The number of phenols is 1. The fraction of sp³-hybridized carbons (Fsp3) is 0.125. The van der Waals surface area contributed by atoms with Gasteiger partial charge in [0.15, 0.2) is 6.61 Å². The summed E-state index contributed by atoms with van der Waals surface area (Å²) in [5.74, 6) is 0.482. The molecule has 1 amide bonds. The van der Waals surface area contributed by atoms with Gasteiger partial charge in [0.05, 0.1) is 23.9 Å². The highest BCUT2D eigenvalue weighted by molar-refractivity contribution is 5.97. The van der Waals surface area contributed by atoms with E-state index in [-0.39, 0.29) is 18.3 Å². The first-order valence-corrected chi connectivity index (χ1v) is 6.42. The second-order valence-electron chi connectivity index (χ2n) is 4.73. The third-order valence-electron chi connectivity index (χ3n) is 3.31. The molecule has 1 N–H and O–H groups in total. The standard InChI is InChI=1S/C16H12N2O3/c17-8-11-1-3-12(4-2-11)9-18-14-7-13(19)5-6-15(14)21-10-16(18)20/h1-7,19H,9-10H2. The quantitative estimate of drug-likeness (QED) is 0.915. The van der Waals surface area contributed by atoms with Crippen LogP contribution in [0.25, 0.3) is 0 Å². The molecule has 1 aliphatic heterocycles. The Balaban J connectivity index is 1.92. The van der Waals surface area contributed by atoms with E-state index in [2.05, 4.69) is 6.07 Å². The van der Waals surface area contributed by atoms with Gasteiger partial charge in [-0.25, -0.2) is 0 Å². The molecule has 5 heteroatoms. The van der Waals surface area contributed by atoms with Gasteiger partial charge in [-0.1, -0.05) is 12.1 Å². The fourth-order valence-corrected chi connectivity index (χ4v) is 2.23. The van der Waals surface area contributed by atoms with E-state index in [0.717, 1.165) is 5.56 Å². The molecule has 0 bridgehead atoms. The maximum absolute atomic E-state index is 12.1. The van der Waals surface area contributed by atoms with E-state index in [9.17, 15) is 9.90 Å². The largest absolute Gasteiger partial charge is 0.508 e. The van der Waals surface area contributed by atoms with E-state index < -0.39 is 0 Å². The Bertz CT molecular complexity index is 732. The molecule has 5 nitrogen and oxygen atoms in total. The minimum Gasteiger partial charge on any atom is -0.508 e. The van der Waals surface area contributed by atoms with Gasteiger partial charge in [0.25, 0.3) is 5.91 Å². The number of nitriles is 1. The highest BCUT2D eigenvalue weighted by Crippen LogP contribution is 2.35. The van der Waals surface area contributed by atoms with Crippen molar-refractivity contribution in [2.45, 2.75) is 6.54 Å². The van der Waals surface area contributed by atoms with E-state index in [1.165, 1.54) is 12.1 Å². The summed E-state index contributed by atoms with van der Waals surface area (Å²) in [5.41, 5.74) is 2.03. The number of aromatic hydroxyl groups is 1. The van der Waals surface area contributed by atoms with Crippen LogP contribution in [0.4, 0.5) is 5.69 Å². The number of carbonyl (C=O) groups excluding carboxylic acids is 1. The molecule has 1 heterocycles. The highest BCUT2D eigenvalue weighted by Gasteiger charge is 2.25. The molecule has 0 saturated carbocycles. The van der Waals surface area contributed by atoms with Crippen LogP contribution in [0, 0.1) is 11.3 Å². The first-order valence-electron chi connectivity index (χ1n) is 6.42. The molecule has 104 valence electrons. The summed E-state index contributed by atoms with van der Waals surface area (Å²) in [6.07, 6.45) is 0. The summed E-state index contributed by atoms with van der Waals surface area (Å²) in [6, 6.07) is 13.8. The Labute approximate surface area is 121 Å². The van der Waals surface area contributed by atoms with E-state index in [1.807, 2.05) is 12.1 Å². The Morgan fingerprint density at radius 1 is 1.24 bits per heavy atom. The van der Waals surface area contributed by atoms with Gasteiger partial charge in [-0.05, 0) is 29.8 Å². The van der Waals surface area contributed by atoms with Crippen LogP contribution in [0.15, 0.2) is 42.5 Å². The van der Waals surface area contributed by atoms with Gasteiger partial charge in [-0.2, -0.15) is 5.26 Å². The third-order valence-corrected chi connectivity index (χ3v) is 3.31.